The summed E-state index contributed by atoms with van der Waals surface area (Å²) in [5.74, 6) is 2.21. The van der Waals surface area contributed by atoms with Crippen molar-refractivity contribution in [1.29, 1.82) is 0 Å². The van der Waals surface area contributed by atoms with Gasteiger partial charge in [-0.25, -0.2) is 9.98 Å². The third-order valence-corrected chi connectivity index (χ3v) is 6.36. The fourth-order valence-corrected chi connectivity index (χ4v) is 4.27. The Morgan fingerprint density at radius 1 is 1.24 bits per heavy atom. The summed E-state index contributed by atoms with van der Waals surface area (Å²) in [4.78, 5) is 11.5. The molecule has 2 aliphatic rings. The summed E-state index contributed by atoms with van der Waals surface area (Å²) in [7, 11) is 3.73. The molecule has 6 heteroatoms. The van der Waals surface area contributed by atoms with Gasteiger partial charge in [-0.1, -0.05) is 0 Å². The van der Waals surface area contributed by atoms with Gasteiger partial charge in [-0.2, -0.15) is 0 Å². The van der Waals surface area contributed by atoms with Crippen LogP contribution in [0.15, 0.2) is 27.7 Å². The molecule has 0 saturated heterocycles. The van der Waals surface area contributed by atoms with E-state index >= 15 is 0 Å². The Morgan fingerprint density at radius 2 is 1.97 bits per heavy atom. The number of ether oxygens (including phenoxy) is 2. The van der Waals surface area contributed by atoms with Crippen molar-refractivity contribution >= 4 is 28.0 Å². The monoisotopic (exact) mass is 457 g/mol. The predicted molar refractivity (Wildman–Crippen MR) is 120 cm³/mol. The summed E-state index contributed by atoms with van der Waals surface area (Å²) in [6.07, 6.45) is 6.16. The molecule has 1 aromatic heterocycles. The minimum absolute atomic E-state index is 0.106. The van der Waals surface area contributed by atoms with E-state index < -0.39 is 0 Å². The number of halogens is 1. The van der Waals surface area contributed by atoms with Crippen molar-refractivity contribution in [1.82, 2.24) is 9.88 Å². The molecule has 0 aliphatic heterocycles. The largest absolute Gasteiger partial charge is 0.496 e. The van der Waals surface area contributed by atoms with E-state index in [0.29, 0.717) is 5.92 Å². The minimum Gasteiger partial charge on any atom is -0.496 e. The molecule has 0 radical (unpaired) electrons. The van der Waals surface area contributed by atoms with Crippen LogP contribution in [0.5, 0.6) is 11.6 Å². The second-order valence-corrected chi connectivity index (χ2v) is 8.84. The molecule has 5 nitrogen and oxygen atoms in total. The van der Waals surface area contributed by atoms with Gasteiger partial charge in [-0.15, -0.1) is 0 Å². The number of hydrogen-bond acceptors (Lipinski definition) is 4. The van der Waals surface area contributed by atoms with E-state index in [0.717, 1.165) is 46.9 Å². The Labute approximate surface area is 181 Å². The Hall–Kier alpha value is -2.08. The molecular formula is C23H28BrN3O2. The van der Waals surface area contributed by atoms with Gasteiger partial charge in [0.05, 0.1) is 29.3 Å². The normalized spacial score (nSPS) is 18.2. The third kappa shape index (κ3) is 4.42. The maximum absolute atomic E-state index is 6.46. The van der Waals surface area contributed by atoms with E-state index in [1.807, 2.05) is 20.3 Å². The van der Waals surface area contributed by atoms with E-state index in [2.05, 4.69) is 50.9 Å². The van der Waals surface area contributed by atoms with Gasteiger partial charge in [0.2, 0.25) is 5.88 Å². The average Bonchev–Trinajstić information content (AvgIpc) is 3.47. The first kappa shape index (κ1) is 20.2. The van der Waals surface area contributed by atoms with Crippen molar-refractivity contribution < 1.29 is 9.47 Å². The fourth-order valence-electron chi connectivity index (χ4n) is 3.72. The molecule has 2 aromatic rings. The summed E-state index contributed by atoms with van der Waals surface area (Å²) in [5.41, 5.74) is 5.66. The van der Waals surface area contributed by atoms with E-state index in [-0.39, 0.29) is 6.10 Å². The highest BCUT2D eigenvalue weighted by atomic mass is 79.9. The van der Waals surface area contributed by atoms with Crippen LogP contribution in [0.2, 0.25) is 0 Å². The van der Waals surface area contributed by atoms with Gasteiger partial charge in [0.1, 0.15) is 11.9 Å². The zero-order chi connectivity index (χ0) is 20.5. The highest BCUT2D eigenvalue weighted by Crippen LogP contribution is 2.46. The Balaban J connectivity index is 1.56. The lowest BCUT2D eigenvalue weighted by Gasteiger charge is -2.17. The summed E-state index contributed by atoms with van der Waals surface area (Å²) in [6, 6.07) is 6.45. The zero-order valence-electron chi connectivity index (χ0n) is 17.5. The van der Waals surface area contributed by atoms with Gasteiger partial charge in [0, 0.05) is 32.0 Å². The summed E-state index contributed by atoms with van der Waals surface area (Å²) >= 11 is 3.59. The summed E-state index contributed by atoms with van der Waals surface area (Å²) in [6.45, 7) is 5.04. The molecule has 4 rings (SSSR count). The van der Waals surface area contributed by atoms with Crippen molar-refractivity contribution in [3.8, 4) is 11.6 Å². The minimum atomic E-state index is 0.106. The number of aromatic nitrogens is 1. The Morgan fingerprint density at radius 3 is 2.62 bits per heavy atom. The molecule has 0 amide bonds. The highest BCUT2D eigenvalue weighted by Gasteiger charge is 2.31. The molecule has 1 atom stereocenters. The molecule has 1 saturated carbocycles. The number of pyridine rings is 1. The van der Waals surface area contributed by atoms with E-state index in [1.165, 1.54) is 29.5 Å². The van der Waals surface area contributed by atoms with Gasteiger partial charge in [0.15, 0.2) is 0 Å². The van der Waals surface area contributed by atoms with Gasteiger partial charge < -0.3 is 14.4 Å². The van der Waals surface area contributed by atoms with E-state index in [9.17, 15) is 0 Å². The van der Waals surface area contributed by atoms with Crippen molar-refractivity contribution in [2.45, 2.75) is 51.6 Å². The molecule has 0 N–H and O–H groups in total. The lowest BCUT2D eigenvalue weighted by atomic mass is 10.1. The van der Waals surface area contributed by atoms with E-state index in [1.54, 1.807) is 7.11 Å². The number of aliphatic imine (C=N–C) groups is 1. The first-order valence-electron chi connectivity index (χ1n) is 10.3. The predicted octanol–water partition coefficient (Wildman–Crippen LogP) is 5.20. The third-order valence-electron chi connectivity index (χ3n) is 5.74. The van der Waals surface area contributed by atoms with Gasteiger partial charge >= 0.3 is 0 Å². The first-order valence-corrected chi connectivity index (χ1v) is 11.1. The van der Waals surface area contributed by atoms with Crippen LogP contribution < -0.4 is 9.47 Å². The maximum Gasteiger partial charge on any atom is 0.217 e. The van der Waals surface area contributed by atoms with Crippen LogP contribution in [-0.2, 0) is 12.8 Å². The van der Waals surface area contributed by atoms with E-state index in [4.69, 9.17) is 14.5 Å². The molecule has 0 bridgehead atoms. The lowest BCUT2D eigenvalue weighted by Crippen LogP contribution is -2.18. The Kier molecular flexibility index (Phi) is 5.81. The Bertz CT molecular complexity index is 940. The molecule has 1 aromatic carbocycles. The quantitative estimate of drug-likeness (QED) is 0.423. The topological polar surface area (TPSA) is 47.0 Å². The van der Waals surface area contributed by atoms with Crippen LogP contribution in [0, 0.1) is 6.92 Å². The molecule has 154 valence electrons. The number of hydrogen-bond donors (Lipinski definition) is 0. The van der Waals surface area contributed by atoms with Gasteiger partial charge in [-0.05, 0) is 77.9 Å². The number of aryl methyl sites for hydroxylation is 1. The van der Waals surface area contributed by atoms with Crippen molar-refractivity contribution in [3.63, 3.8) is 0 Å². The van der Waals surface area contributed by atoms with Crippen LogP contribution in [0.4, 0.5) is 5.69 Å². The molecule has 1 fully saturated rings. The van der Waals surface area contributed by atoms with Crippen molar-refractivity contribution in [2.75, 3.05) is 20.7 Å². The van der Waals surface area contributed by atoms with Crippen LogP contribution >= 0.6 is 15.9 Å². The van der Waals surface area contributed by atoms with Crippen molar-refractivity contribution in [2.24, 2.45) is 4.99 Å². The smallest absolute Gasteiger partial charge is 0.217 e. The molecule has 29 heavy (non-hydrogen) atoms. The highest BCUT2D eigenvalue weighted by molar-refractivity contribution is 9.10. The SMILES string of the molecule is CCN(C)/C=N/c1cc(C2CC2)c(OC2Cc3cc(Br)c(OC)cc3C2)nc1C. The van der Waals surface area contributed by atoms with Crippen molar-refractivity contribution in [3.05, 3.63) is 45.1 Å². The first-order chi connectivity index (χ1) is 14.0. The second kappa shape index (κ2) is 8.34. The van der Waals surface area contributed by atoms with Gasteiger partial charge in [-0.3, -0.25) is 0 Å². The molecule has 1 heterocycles. The average molecular weight is 458 g/mol. The summed E-state index contributed by atoms with van der Waals surface area (Å²) in [5, 5.41) is 0. The number of fused-ring (bicyclic) bond motifs is 1. The number of methoxy groups -OCH3 is 1. The maximum atomic E-state index is 6.46. The molecule has 2 aliphatic carbocycles. The van der Waals surface area contributed by atoms with Crippen LogP contribution in [-0.4, -0.2) is 43.0 Å². The lowest BCUT2D eigenvalue weighted by molar-refractivity contribution is 0.202. The van der Waals surface area contributed by atoms with Gasteiger partial charge in [0.25, 0.3) is 0 Å². The zero-order valence-corrected chi connectivity index (χ0v) is 19.1. The number of nitrogens with zero attached hydrogens (tertiary/aromatic N) is 3. The van der Waals surface area contributed by atoms with Crippen LogP contribution in [0.25, 0.3) is 0 Å². The standard InChI is InChI=1S/C23H28BrN3O2/c1-5-27(3)13-25-21-12-19(15-6-7-15)23(26-14(21)2)29-18-8-16-10-20(24)22(28-4)11-17(16)9-18/h10-13,15,18H,5-9H2,1-4H3/b25-13+. The van der Waals surface area contributed by atoms with Crippen LogP contribution in [0.1, 0.15) is 48.1 Å². The second-order valence-electron chi connectivity index (χ2n) is 7.98. The molecular weight excluding hydrogens is 430 g/mol. The molecule has 0 spiro atoms. The number of rotatable bonds is 7. The summed E-state index contributed by atoms with van der Waals surface area (Å²) < 4.78 is 12.9. The van der Waals surface area contributed by atoms with Crippen LogP contribution in [0.3, 0.4) is 0 Å². The molecule has 1 unspecified atom stereocenters. The fraction of sp³-hybridized carbons (Fsp3) is 0.478. The number of benzene rings is 1.